The summed E-state index contributed by atoms with van der Waals surface area (Å²) >= 11 is 3.02. The molecule has 1 aliphatic carbocycles. The van der Waals surface area contributed by atoms with Gasteiger partial charge in [-0.2, -0.15) is 0 Å². The zero-order valence-electron chi connectivity index (χ0n) is 15.5. The average molecular weight is 419 g/mol. The van der Waals surface area contributed by atoms with Crippen LogP contribution in [-0.2, 0) is 4.79 Å². The van der Waals surface area contributed by atoms with E-state index < -0.39 is 0 Å². The minimum Gasteiger partial charge on any atom is -0.326 e. The smallest absolute Gasteiger partial charge is 0.228 e. The Bertz CT molecular complexity index is 1130. The number of fused-ring (bicyclic) bond motifs is 1. The van der Waals surface area contributed by atoms with Crippen molar-refractivity contribution in [3.8, 4) is 11.3 Å². The summed E-state index contributed by atoms with van der Waals surface area (Å²) in [6.45, 7) is 0. The normalized spacial score (nSPS) is 18.8. The Morgan fingerprint density at radius 1 is 1.03 bits per heavy atom. The van der Waals surface area contributed by atoms with Crippen LogP contribution in [-0.4, -0.2) is 20.5 Å². The van der Waals surface area contributed by atoms with E-state index in [2.05, 4.69) is 33.1 Å². The van der Waals surface area contributed by atoms with Gasteiger partial charge < -0.3 is 5.32 Å². The van der Waals surface area contributed by atoms with Crippen molar-refractivity contribution in [2.24, 2.45) is 5.92 Å². The van der Waals surface area contributed by atoms with Crippen molar-refractivity contribution in [3.63, 3.8) is 0 Å². The summed E-state index contributed by atoms with van der Waals surface area (Å²) in [4.78, 5) is 17.9. The number of carbonyl (C=O) groups excluding carboxylic acids is 1. The molecule has 1 N–H and O–H groups in total. The summed E-state index contributed by atoms with van der Waals surface area (Å²) in [7, 11) is 0. The number of benzene rings is 2. The number of rotatable bonds is 4. The van der Waals surface area contributed by atoms with Crippen molar-refractivity contribution in [2.75, 3.05) is 5.32 Å². The molecule has 0 radical (unpaired) electrons. The van der Waals surface area contributed by atoms with Gasteiger partial charge in [-0.25, -0.2) is 4.98 Å². The summed E-state index contributed by atoms with van der Waals surface area (Å²) in [5, 5.41) is 10.1. The van der Waals surface area contributed by atoms with Crippen LogP contribution in [0, 0.1) is 5.92 Å². The van der Waals surface area contributed by atoms with E-state index in [0.29, 0.717) is 0 Å². The second-order valence-corrected chi connectivity index (χ2v) is 8.70. The van der Waals surface area contributed by atoms with Crippen molar-refractivity contribution in [1.29, 1.82) is 0 Å². The first-order chi connectivity index (χ1) is 14.3. The first kappa shape index (κ1) is 18.1. The Labute approximate surface area is 176 Å². The topological polar surface area (TPSA) is 67.8 Å². The number of thiazole rings is 1. The average Bonchev–Trinajstić information content (AvgIpc) is 3.44. The minimum atomic E-state index is -0.122. The number of hydrogen-bond acceptors (Lipinski definition) is 6. The fraction of sp³-hybridized carbons (Fsp3) is 0.182. The molecular weight excluding hydrogens is 400 g/mol. The van der Waals surface area contributed by atoms with Crippen molar-refractivity contribution in [1.82, 2.24) is 14.6 Å². The zero-order valence-corrected chi connectivity index (χ0v) is 17.1. The molecule has 2 atom stereocenters. The lowest BCUT2D eigenvalue weighted by Crippen LogP contribution is -2.29. The molecule has 5 rings (SSSR count). The van der Waals surface area contributed by atoms with Crippen LogP contribution >= 0.6 is 22.9 Å². The van der Waals surface area contributed by atoms with Crippen LogP contribution in [0.3, 0.4) is 0 Å². The van der Waals surface area contributed by atoms with Gasteiger partial charge in [-0.1, -0.05) is 40.9 Å². The highest BCUT2D eigenvalue weighted by Gasteiger charge is 2.32. The van der Waals surface area contributed by atoms with Gasteiger partial charge in [0, 0.05) is 22.5 Å². The maximum Gasteiger partial charge on any atom is 0.228 e. The standard InChI is InChI=1S/C22H18N4OS2/c27-21(23-15-11-9-14(10-12-15)19-13-28-26-25-19)16-5-1-2-6-17(16)22-24-18-7-3-4-8-20(18)29-22/h1-4,7-13,16-17H,5-6H2,(H,23,27). The number of carbonyl (C=O) groups is 1. The molecule has 7 heteroatoms. The lowest BCUT2D eigenvalue weighted by Gasteiger charge is -2.26. The number of amides is 1. The molecule has 0 saturated heterocycles. The van der Waals surface area contributed by atoms with Crippen LogP contribution in [0.25, 0.3) is 21.5 Å². The third-order valence-electron chi connectivity index (χ3n) is 5.21. The van der Waals surface area contributed by atoms with Gasteiger partial charge in [0.15, 0.2) is 0 Å². The number of para-hydroxylation sites is 1. The van der Waals surface area contributed by atoms with Crippen LogP contribution in [0.5, 0.6) is 0 Å². The Morgan fingerprint density at radius 3 is 2.66 bits per heavy atom. The fourth-order valence-electron chi connectivity index (χ4n) is 3.68. The molecule has 5 nitrogen and oxygen atoms in total. The number of nitrogens with one attached hydrogen (secondary N) is 1. The SMILES string of the molecule is O=C(Nc1ccc(-c2csnn2)cc1)C1CC=CCC1c1nc2ccccc2s1. The van der Waals surface area contributed by atoms with E-state index in [1.54, 1.807) is 11.3 Å². The molecule has 144 valence electrons. The maximum atomic E-state index is 13.1. The number of hydrogen-bond donors (Lipinski definition) is 1. The van der Waals surface area contributed by atoms with Crippen molar-refractivity contribution < 1.29 is 4.79 Å². The van der Waals surface area contributed by atoms with Crippen LogP contribution < -0.4 is 5.32 Å². The third kappa shape index (κ3) is 3.71. The lowest BCUT2D eigenvalue weighted by molar-refractivity contribution is -0.120. The molecule has 1 aliphatic rings. The Kier molecular flexibility index (Phi) is 4.91. The summed E-state index contributed by atoms with van der Waals surface area (Å²) in [6, 6.07) is 15.9. The quantitative estimate of drug-likeness (QED) is 0.444. The number of nitrogens with zero attached hydrogens (tertiary/aromatic N) is 3. The third-order valence-corrected chi connectivity index (χ3v) is 6.88. The first-order valence-electron chi connectivity index (χ1n) is 9.47. The van der Waals surface area contributed by atoms with Gasteiger partial charge in [-0.15, -0.1) is 16.4 Å². The van der Waals surface area contributed by atoms with E-state index in [1.807, 2.05) is 47.8 Å². The summed E-state index contributed by atoms with van der Waals surface area (Å²) in [5.41, 5.74) is 3.64. The molecule has 0 spiro atoms. The van der Waals surface area contributed by atoms with Gasteiger partial charge in [0.25, 0.3) is 0 Å². The molecular formula is C22H18N4OS2. The molecule has 0 bridgehead atoms. The summed E-state index contributed by atoms with van der Waals surface area (Å²) in [6.07, 6.45) is 5.84. The summed E-state index contributed by atoms with van der Waals surface area (Å²) in [5.74, 6) is 0.0300. The lowest BCUT2D eigenvalue weighted by atomic mass is 9.82. The highest BCUT2D eigenvalue weighted by Crippen LogP contribution is 2.39. The molecule has 0 fully saturated rings. The molecule has 0 aliphatic heterocycles. The molecule has 2 aromatic heterocycles. The largest absolute Gasteiger partial charge is 0.326 e. The second kappa shape index (κ2) is 7.85. The zero-order chi connectivity index (χ0) is 19.6. The predicted octanol–water partition coefficient (Wildman–Crippen LogP) is 5.50. The Morgan fingerprint density at radius 2 is 1.86 bits per heavy atom. The van der Waals surface area contributed by atoms with Gasteiger partial charge in [-0.05, 0) is 48.6 Å². The molecule has 2 unspecified atom stereocenters. The van der Waals surface area contributed by atoms with Gasteiger partial charge in [0.05, 0.1) is 21.1 Å². The molecule has 1 amide bonds. The van der Waals surface area contributed by atoms with Gasteiger partial charge in [0.2, 0.25) is 5.91 Å². The van der Waals surface area contributed by atoms with Crippen LogP contribution in [0.2, 0.25) is 0 Å². The maximum absolute atomic E-state index is 13.1. The van der Waals surface area contributed by atoms with E-state index in [9.17, 15) is 4.79 Å². The Balaban J connectivity index is 1.35. The van der Waals surface area contributed by atoms with E-state index in [-0.39, 0.29) is 17.7 Å². The number of anilines is 1. The summed E-state index contributed by atoms with van der Waals surface area (Å²) < 4.78 is 5.06. The van der Waals surface area contributed by atoms with E-state index in [1.165, 1.54) is 16.2 Å². The van der Waals surface area contributed by atoms with Crippen LogP contribution in [0.15, 0.2) is 66.1 Å². The Hall–Kier alpha value is -2.90. The molecule has 29 heavy (non-hydrogen) atoms. The van der Waals surface area contributed by atoms with E-state index in [0.717, 1.165) is 40.3 Å². The van der Waals surface area contributed by atoms with Crippen molar-refractivity contribution in [2.45, 2.75) is 18.8 Å². The monoisotopic (exact) mass is 418 g/mol. The van der Waals surface area contributed by atoms with Crippen LogP contribution in [0.1, 0.15) is 23.8 Å². The molecule has 2 aromatic carbocycles. The van der Waals surface area contributed by atoms with Gasteiger partial charge in [-0.3, -0.25) is 4.79 Å². The fourth-order valence-corrected chi connectivity index (χ4v) is 5.29. The van der Waals surface area contributed by atoms with Crippen molar-refractivity contribution >= 4 is 44.7 Å². The number of allylic oxidation sites excluding steroid dienone is 2. The first-order valence-corrected chi connectivity index (χ1v) is 11.1. The van der Waals surface area contributed by atoms with Crippen LogP contribution in [0.4, 0.5) is 5.69 Å². The van der Waals surface area contributed by atoms with Gasteiger partial charge in [0.1, 0.15) is 5.69 Å². The molecule has 0 saturated carbocycles. The van der Waals surface area contributed by atoms with E-state index >= 15 is 0 Å². The molecule has 2 heterocycles. The van der Waals surface area contributed by atoms with Gasteiger partial charge >= 0.3 is 0 Å². The minimum absolute atomic E-state index is 0.0432. The highest BCUT2D eigenvalue weighted by atomic mass is 32.1. The number of aromatic nitrogens is 3. The highest BCUT2D eigenvalue weighted by molar-refractivity contribution is 7.18. The second-order valence-electron chi connectivity index (χ2n) is 7.03. The van der Waals surface area contributed by atoms with E-state index in [4.69, 9.17) is 4.98 Å². The van der Waals surface area contributed by atoms with Crippen molar-refractivity contribution in [3.05, 3.63) is 71.1 Å². The predicted molar refractivity (Wildman–Crippen MR) is 118 cm³/mol. The molecule has 4 aromatic rings.